The Hall–Kier alpha value is -3.41. The van der Waals surface area contributed by atoms with Gasteiger partial charge in [0.2, 0.25) is 5.82 Å². The van der Waals surface area contributed by atoms with Crippen LogP contribution in [0.2, 0.25) is 0 Å². The fourth-order valence-corrected chi connectivity index (χ4v) is 3.78. The maximum atomic E-state index is 12.9. The summed E-state index contributed by atoms with van der Waals surface area (Å²) < 4.78 is 5.69. The van der Waals surface area contributed by atoms with Gasteiger partial charge in [-0.1, -0.05) is 85.6 Å². The van der Waals surface area contributed by atoms with E-state index in [0.717, 1.165) is 41.7 Å². The van der Waals surface area contributed by atoms with Gasteiger partial charge in [-0.3, -0.25) is 4.90 Å². The SMILES string of the molecule is CCCCCN1C(=O)NC(c2ccccc2)C(c2nc(-c3ccccc3)no2)=C1C. The molecule has 1 N–H and O–H groups in total. The molecule has 6 heteroatoms. The minimum absolute atomic E-state index is 0.0935. The van der Waals surface area contributed by atoms with Gasteiger partial charge in [-0.05, 0) is 18.9 Å². The molecule has 0 bridgehead atoms. The van der Waals surface area contributed by atoms with Gasteiger partial charge in [0.25, 0.3) is 5.89 Å². The Balaban J connectivity index is 1.76. The van der Waals surface area contributed by atoms with Gasteiger partial charge < -0.3 is 9.84 Å². The third-order valence-electron chi connectivity index (χ3n) is 5.40. The summed E-state index contributed by atoms with van der Waals surface area (Å²) in [5, 5.41) is 7.33. The number of unbranched alkanes of at least 4 members (excludes halogenated alkanes) is 2. The first kappa shape index (κ1) is 19.9. The molecule has 2 amide bonds. The lowest BCUT2D eigenvalue weighted by Crippen LogP contribution is -2.46. The van der Waals surface area contributed by atoms with Crippen LogP contribution in [0.4, 0.5) is 4.79 Å². The second-order valence-electron chi connectivity index (χ2n) is 7.44. The van der Waals surface area contributed by atoms with Crippen LogP contribution in [0.1, 0.15) is 50.6 Å². The van der Waals surface area contributed by atoms with Crippen LogP contribution in [-0.4, -0.2) is 27.6 Å². The molecule has 6 nitrogen and oxygen atoms in total. The highest BCUT2D eigenvalue weighted by atomic mass is 16.5. The zero-order valence-electron chi connectivity index (χ0n) is 17.3. The van der Waals surface area contributed by atoms with Gasteiger partial charge in [0.15, 0.2) is 0 Å². The number of nitrogens with zero attached hydrogens (tertiary/aromatic N) is 3. The number of hydrogen-bond acceptors (Lipinski definition) is 4. The van der Waals surface area contributed by atoms with Gasteiger partial charge in [-0.15, -0.1) is 0 Å². The average Bonchev–Trinajstić information content (AvgIpc) is 3.26. The Labute approximate surface area is 176 Å². The van der Waals surface area contributed by atoms with Gasteiger partial charge in [0, 0.05) is 17.8 Å². The van der Waals surface area contributed by atoms with Crippen molar-refractivity contribution in [2.24, 2.45) is 0 Å². The molecule has 1 aromatic heterocycles. The molecule has 2 heterocycles. The van der Waals surface area contributed by atoms with Crippen LogP contribution in [0.25, 0.3) is 17.0 Å². The fourth-order valence-electron chi connectivity index (χ4n) is 3.78. The minimum Gasteiger partial charge on any atom is -0.334 e. The summed E-state index contributed by atoms with van der Waals surface area (Å²) in [5.74, 6) is 0.966. The molecule has 2 aromatic carbocycles. The van der Waals surface area contributed by atoms with Crippen LogP contribution in [0.3, 0.4) is 0 Å². The lowest BCUT2D eigenvalue weighted by molar-refractivity contribution is 0.204. The zero-order valence-corrected chi connectivity index (χ0v) is 17.3. The molecule has 0 saturated carbocycles. The van der Waals surface area contributed by atoms with Crippen molar-refractivity contribution in [2.75, 3.05) is 6.54 Å². The Morgan fingerprint density at radius 3 is 2.43 bits per heavy atom. The molecule has 0 saturated heterocycles. The molecule has 4 rings (SSSR count). The van der Waals surface area contributed by atoms with Gasteiger partial charge in [0.1, 0.15) is 0 Å². The molecule has 30 heavy (non-hydrogen) atoms. The first-order valence-corrected chi connectivity index (χ1v) is 10.4. The number of carbonyl (C=O) groups excluding carboxylic acids is 1. The molecule has 1 aliphatic rings. The summed E-state index contributed by atoms with van der Waals surface area (Å²) in [7, 11) is 0. The smallest absolute Gasteiger partial charge is 0.322 e. The summed E-state index contributed by atoms with van der Waals surface area (Å²) in [5.41, 5.74) is 3.56. The first-order valence-electron chi connectivity index (χ1n) is 10.4. The predicted octanol–water partition coefficient (Wildman–Crippen LogP) is 5.42. The Morgan fingerprint density at radius 2 is 1.73 bits per heavy atom. The Bertz CT molecular complexity index is 1030. The van der Waals surface area contributed by atoms with E-state index in [2.05, 4.69) is 22.4 Å². The number of urea groups is 1. The van der Waals surface area contributed by atoms with Crippen molar-refractivity contribution < 1.29 is 9.32 Å². The lowest BCUT2D eigenvalue weighted by atomic mass is 9.94. The largest absolute Gasteiger partial charge is 0.334 e. The van der Waals surface area contributed by atoms with E-state index >= 15 is 0 Å². The summed E-state index contributed by atoms with van der Waals surface area (Å²) >= 11 is 0. The second-order valence-corrected chi connectivity index (χ2v) is 7.44. The number of allylic oxidation sites excluding steroid dienone is 1. The summed E-state index contributed by atoms with van der Waals surface area (Å²) in [6, 6.07) is 19.2. The molecule has 1 aliphatic heterocycles. The van der Waals surface area contributed by atoms with E-state index in [1.165, 1.54) is 0 Å². The highest BCUT2D eigenvalue weighted by molar-refractivity contribution is 5.86. The summed E-state index contributed by atoms with van der Waals surface area (Å²) in [6.45, 7) is 4.78. The van der Waals surface area contributed by atoms with Crippen molar-refractivity contribution in [3.63, 3.8) is 0 Å². The predicted molar refractivity (Wildman–Crippen MR) is 116 cm³/mol. The molecule has 0 aliphatic carbocycles. The molecular formula is C24H26N4O2. The quantitative estimate of drug-likeness (QED) is 0.535. The monoisotopic (exact) mass is 402 g/mol. The number of benzene rings is 2. The van der Waals surface area contributed by atoms with E-state index in [0.29, 0.717) is 18.3 Å². The lowest BCUT2D eigenvalue weighted by Gasteiger charge is -2.35. The third-order valence-corrected chi connectivity index (χ3v) is 5.40. The molecule has 0 fully saturated rings. The van der Waals surface area contributed by atoms with Crippen LogP contribution in [0, 0.1) is 0 Å². The summed E-state index contributed by atoms with van der Waals surface area (Å²) in [6.07, 6.45) is 3.12. The van der Waals surface area contributed by atoms with Crippen LogP contribution in [-0.2, 0) is 0 Å². The van der Waals surface area contributed by atoms with Gasteiger partial charge in [0.05, 0.1) is 11.6 Å². The van der Waals surface area contributed by atoms with E-state index in [9.17, 15) is 4.79 Å². The molecule has 1 atom stereocenters. The molecule has 1 unspecified atom stereocenters. The molecule has 0 spiro atoms. The molecule has 0 radical (unpaired) electrons. The van der Waals surface area contributed by atoms with Crippen molar-refractivity contribution in [1.82, 2.24) is 20.4 Å². The molecule has 3 aromatic rings. The standard InChI is InChI=1S/C24H26N4O2/c1-3-4-11-16-28-17(2)20(21(25-24(28)29)18-12-7-5-8-13-18)23-26-22(27-30-23)19-14-9-6-10-15-19/h5-10,12-15,21H,3-4,11,16H2,1-2H3,(H,25,29). The highest BCUT2D eigenvalue weighted by Gasteiger charge is 2.35. The number of hydrogen-bond donors (Lipinski definition) is 1. The van der Waals surface area contributed by atoms with E-state index in [-0.39, 0.29) is 12.1 Å². The van der Waals surface area contributed by atoms with Crippen LogP contribution in [0.5, 0.6) is 0 Å². The highest BCUT2D eigenvalue weighted by Crippen LogP contribution is 2.37. The van der Waals surface area contributed by atoms with E-state index in [1.807, 2.05) is 67.6 Å². The van der Waals surface area contributed by atoms with Crippen molar-refractivity contribution in [2.45, 2.75) is 39.2 Å². The van der Waals surface area contributed by atoms with E-state index in [1.54, 1.807) is 4.90 Å². The number of rotatable bonds is 7. The Morgan fingerprint density at radius 1 is 1.03 bits per heavy atom. The number of nitrogens with one attached hydrogen (secondary N) is 1. The number of carbonyl (C=O) groups is 1. The topological polar surface area (TPSA) is 71.3 Å². The first-order chi connectivity index (χ1) is 14.7. The molecular weight excluding hydrogens is 376 g/mol. The van der Waals surface area contributed by atoms with Crippen LogP contribution in [0.15, 0.2) is 70.9 Å². The van der Waals surface area contributed by atoms with E-state index < -0.39 is 0 Å². The minimum atomic E-state index is -0.342. The van der Waals surface area contributed by atoms with Gasteiger partial charge in [-0.25, -0.2) is 4.79 Å². The number of amides is 2. The second kappa shape index (κ2) is 8.95. The third kappa shape index (κ3) is 3.99. The van der Waals surface area contributed by atoms with Crippen LogP contribution < -0.4 is 5.32 Å². The van der Waals surface area contributed by atoms with Crippen molar-refractivity contribution >= 4 is 11.6 Å². The fraction of sp³-hybridized carbons (Fsp3) is 0.292. The van der Waals surface area contributed by atoms with E-state index in [4.69, 9.17) is 4.52 Å². The normalized spacial score (nSPS) is 16.7. The van der Waals surface area contributed by atoms with Crippen molar-refractivity contribution in [3.8, 4) is 11.4 Å². The Kier molecular flexibility index (Phi) is 5.93. The molecule has 154 valence electrons. The average molecular weight is 402 g/mol. The maximum absolute atomic E-state index is 12.9. The number of aromatic nitrogens is 2. The van der Waals surface area contributed by atoms with Crippen molar-refractivity contribution in [1.29, 1.82) is 0 Å². The zero-order chi connectivity index (χ0) is 20.9. The summed E-state index contributed by atoms with van der Waals surface area (Å²) in [4.78, 5) is 19.4. The van der Waals surface area contributed by atoms with Gasteiger partial charge >= 0.3 is 6.03 Å². The maximum Gasteiger partial charge on any atom is 0.322 e. The van der Waals surface area contributed by atoms with Crippen LogP contribution >= 0.6 is 0 Å². The van der Waals surface area contributed by atoms with Crippen molar-refractivity contribution in [3.05, 3.63) is 77.8 Å². The van der Waals surface area contributed by atoms with Gasteiger partial charge in [-0.2, -0.15) is 4.98 Å².